The van der Waals surface area contributed by atoms with E-state index in [1.807, 2.05) is 24.5 Å². The highest BCUT2D eigenvalue weighted by atomic mass is 16.3. The number of rotatable bonds is 4. The van der Waals surface area contributed by atoms with E-state index in [-0.39, 0.29) is 0 Å². The quantitative estimate of drug-likeness (QED) is 0.803. The van der Waals surface area contributed by atoms with E-state index in [2.05, 4.69) is 39.7 Å². The molecular formula is C20H21N3O. The highest BCUT2D eigenvalue weighted by Gasteiger charge is 2.16. The van der Waals surface area contributed by atoms with Gasteiger partial charge in [0.15, 0.2) is 0 Å². The van der Waals surface area contributed by atoms with E-state index in [9.17, 15) is 5.11 Å². The van der Waals surface area contributed by atoms with Gasteiger partial charge in [-0.2, -0.15) is 0 Å². The Balaban J connectivity index is 1.55. The smallest absolute Gasteiger partial charge is 0.115 e. The molecule has 1 N–H and O–H groups in total. The van der Waals surface area contributed by atoms with Gasteiger partial charge in [0.1, 0.15) is 11.6 Å². The van der Waals surface area contributed by atoms with Crippen LogP contribution in [0.2, 0.25) is 0 Å². The molecule has 0 amide bonds. The Hall–Kier alpha value is -2.75. The molecule has 122 valence electrons. The molecule has 0 saturated carbocycles. The fraction of sp³-hybridized carbons (Fsp3) is 0.250. The summed E-state index contributed by atoms with van der Waals surface area (Å²) in [4.78, 5) is 6.84. The van der Waals surface area contributed by atoms with Gasteiger partial charge < -0.3 is 14.6 Å². The maximum Gasteiger partial charge on any atom is 0.115 e. The van der Waals surface area contributed by atoms with Crippen LogP contribution in [0.15, 0.2) is 54.9 Å². The van der Waals surface area contributed by atoms with E-state index >= 15 is 0 Å². The van der Waals surface area contributed by atoms with Gasteiger partial charge in [0.2, 0.25) is 0 Å². The van der Waals surface area contributed by atoms with Gasteiger partial charge in [0, 0.05) is 44.6 Å². The molecule has 3 aromatic rings. The number of aromatic hydroxyl groups is 1. The van der Waals surface area contributed by atoms with Crippen molar-refractivity contribution in [3.05, 3.63) is 77.4 Å². The van der Waals surface area contributed by atoms with E-state index in [1.165, 1.54) is 16.8 Å². The number of aromatic nitrogens is 2. The van der Waals surface area contributed by atoms with Crippen LogP contribution in [0.4, 0.5) is 5.69 Å². The van der Waals surface area contributed by atoms with E-state index in [0.29, 0.717) is 5.75 Å². The van der Waals surface area contributed by atoms with E-state index < -0.39 is 0 Å². The van der Waals surface area contributed by atoms with Gasteiger partial charge in [-0.25, -0.2) is 4.98 Å². The summed E-state index contributed by atoms with van der Waals surface area (Å²) in [5, 5.41) is 9.63. The monoisotopic (exact) mass is 319 g/mol. The molecule has 0 saturated heterocycles. The van der Waals surface area contributed by atoms with Crippen molar-refractivity contribution in [1.29, 1.82) is 0 Å². The van der Waals surface area contributed by atoms with Crippen molar-refractivity contribution in [3.8, 4) is 5.75 Å². The molecule has 0 fully saturated rings. The highest BCUT2D eigenvalue weighted by molar-refractivity contribution is 5.58. The normalized spacial score (nSPS) is 13.3. The van der Waals surface area contributed by atoms with Gasteiger partial charge in [0.05, 0.1) is 0 Å². The molecule has 24 heavy (non-hydrogen) atoms. The van der Waals surface area contributed by atoms with Crippen molar-refractivity contribution in [2.75, 3.05) is 18.5 Å². The van der Waals surface area contributed by atoms with Gasteiger partial charge in [0.25, 0.3) is 0 Å². The largest absolute Gasteiger partial charge is 0.508 e. The Labute approximate surface area is 142 Å². The number of likely N-dealkylation sites (N-methyl/N-ethyl adjacent to an activating group) is 1. The molecule has 4 nitrogen and oxygen atoms in total. The lowest BCUT2D eigenvalue weighted by molar-refractivity contribution is 0.474. The summed E-state index contributed by atoms with van der Waals surface area (Å²) in [6.07, 6.45) is 5.79. The predicted molar refractivity (Wildman–Crippen MR) is 95.7 cm³/mol. The van der Waals surface area contributed by atoms with E-state index in [1.54, 1.807) is 12.1 Å². The van der Waals surface area contributed by atoms with Gasteiger partial charge in [-0.15, -0.1) is 0 Å². The molecule has 2 aromatic carbocycles. The number of benzene rings is 2. The first kappa shape index (κ1) is 14.8. The molecule has 0 bridgehead atoms. The van der Waals surface area contributed by atoms with Crippen molar-refractivity contribution in [3.63, 3.8) is 0 Å². The molecule has 1 aromatic heterocycles. The lowest BCUT2D eigenvalue weighted by Crippen LogP contribution is -2.12. The average molecular weight is 319 g/mol. The zero-order valence-corrected chi connectivity index (χ0v) is 13.8. The molecule has 0 spiro atoms. The van der Waals surface area contributed by atoms with Crippen molar-refractivity contribution in [2.45, 2.75) is 19.4 Å². The molecular weight excluding hydrogens is 298 g/mol. The van der Waals surface area contributed by atoms with Crippen molar-refractivity contribution in [2.24, 2.45) is 0 Å². The molecule has 4 heteroatoms. The Bertz CT molecular complexity index is 869. The highest BCUT2D eigenvalue weighted by Crippen LogP contribution is 2.28. The number of phenols is 1. The summed E-state index contributed by atoms with van der Waals surface area (Å²) in [5.41, 5.74) is 5.15. The number of hydrogen-bond donors (Lipinski definition) is 1. The Morgan fingerprint density at radius 2 is 2.04 bits per heavy atom. The Kier molecular flexibility index (Phi) is 3.73. The zero-order valence-electron chi connectivity index (χ0n) is 13.8. The van der Waals surface area contributed by atoms with E-state index in [0.717, 1.165) is 37.3 Å². The molecule has 0 unspecified atom stereocenters. The lowest BCUT2D eigenvalue weighted by atomic mass is 10.1. The SMILES string of the molecule is CN1CCc2cc(Cc3nccn3Cc3cccc(O)c3)ccc21. The number of fused-ring (bicyclic) bond motifs is 1. The third-order valence-electron chi connectivity index (χ3n) is 4.70. The van der Waals surface area contributed by atoms with Crippen LogP contribution in [0, 0.1) is 0 Å². The number of hydrogen-bond acceptors (Lipinski definition) is 3. The van der Waals surface area contributed by atoms with Crippen molar-refractivity contribution in [1.82, 2.24) is 9.55 Å². The second-order valence-corrected chi connectivity index (χ2v) is 6.45. The number of imidazole rings is 1. The number of phenolic OH excluding ortho intramolecular Hbond substituents is 1. The van der Waals surface area contributed by atoms with Crippen LogP contribution in [0.1, 0.15) is 22.5 Å². The van der Waals surface area contributed by atoms with Crippen LogP contribution in [0.25, 0.3) is 0 Å². The van der Waals surface area contributed by atoms with Crippen LogP contribution >= 0.6 is 0 Å². The summed E-state index contributed by atoms with van der Waals surface area (Å²) < 4.78 is 2.15. The zero-order chi connectivity index (χ0) is 16.5. The average Bonchev–Trinajstić information content (AvgIpc) is 3.15. The third-order valence-corrected chi connectivity index (χ3v) is 4.70. The van der Waals surface area contributed by atoms with Crippen LogP contribution in [-0.4, -0.2) is 28.3 Å². The van der Waals surface area contributed by atoms with Gasteiger partial charge in [-0.3, -0.25) is 0 Å². The molecule has 1 aliphatic rings. The second-order valence-electron chi connectivity index (χ2n) is 6.45. The topological polar surface area (TPSA) is 41.3 Å². The first-order chi connectivity index (χ1) is 11.7. The Morgan fingerprint density at radius 1 is 1.12 bits per heavy atom. The summed E-state index contributed by atoms with van der Waals surface area (Å²) in [6.45, 7) is 1.82. The summed E-state index contributed by atoms with van der Waals surface area (Å²) in [5.74, 6) is 1.35. The summed E-state index contributed by atoms with van der Waals surface area (Å²) in [6, 6.07) is 14.1. The van der Waals surface area contributed by atoms with Crippen LogP contribution in [0.3, 0.4) is 0 Å². The van der Waals surface area contributed by atoms with Gasteiger partial charge in [-0.05, 0) is 41.3 Å². The van der Waals surface area contributed by atoms with Crippen molar-refractivity contribution >= 4 is 5.69 Å². The minimum atomic E-state index is 0.303. The summed E-state index contributed by atoms with van der Waals surface area (Å²) >= 11 is 0. The fourth-order valence-corrected chi connectivity index (χ4v) is 3.42. The third kappa shape index (κ3) is 2.87. The van der Waals surface area contributed by atoms with E-state index in [4.69, 9.17) is 0 Å². The minimum absolute atomic E-state index is 0.303. The maximum absolute atomic E-state index is 9.63. The minimum Gasteiger partial charge on any atom is -0.508 e. The molecule has 0 radical (unpaired) electrons. The summed E-state index contributed by atoms with van der Waals surface area (Å²) in [7, 11) is 2.15. The Morgan fingerprint density at radius 3 is 2.92 bits per heavy atom. The van der Waals surface area contributed by atoms with Crippen LogP contribution < -0.4 is 4.90 Å². The maximum atomic E-state index is 9.63. The molecule has 0 aliphatic carbocycles. The molecule has 2 heterocycles. The second kappa shape index (κ2) is 6.04. The molecule has 1 aliphatic heterocycles. The van der Waals surface area contributed by atoms with Gasteiger partial charge in [-0.1, -0.05) is 24.3 Å². The van der Waals surface area contributed by atoms with Gasteiger partial charge >= 0.3 is 0 Å². The number of anilines is 1. The number of nitrogens with zero attached hydrogens (tertiary/aromatic N) is 3. The van der Waals surface area contributed by atoms with Crippen LogP contribution in [-0.2, 0) is 19.4 Å². The molecule has 0 atom stereocenters. The molecule has 4 rings (SSSR count). The predicted octanol–water partition coefficient (Wildman–Crippen LogP) is 3.22. The lowest BCUT2D eigenvalue weighted by Gasteiger charge is -2.12. The first-order valence-corrected chi connectivity index (χ1v) is 8.30. The first-order valence-electron chi connectivity index (χ1n) is 8.30. The fourth-order valence-electron chi connectivity index (χ4n) is 3.42. The standard InChI is InChI=1S/C20H21N3O/c1-22-9-7-17-11-15(5-6-19(17)22)13-20-21-8-10-23(20)14-16-3-2-4-18(24)12-16/h2-6,8,10-12,24H,7,9,13-14H2,1H3. The van der Waals surface area contributed by atoms with Crippen molar-refractivity contribution < 1.29 is 5.11 Å². The van der Waals surface area contributed by atoms with Crippen LogP contribution in [0.5, 0.6) is 5.75 Å².